The van der Waals surface area contributed by atoms with Gasteiger partial charge < -0.3 is 5.73 Å². The molecule has 0 fully saturated rings. The van der Waals surface area contributed by atoms with Crippen LogP contribution >= 0.6 is 0 Å². The fourth-order valence-electron chi connectivity index (χ4n) is 4.38. The van der Waals surface area contributed by atoms with E-state index < -0.39 is 0 Å². The average molecular weight is 322 g/mol. The van der Waals surface area contributed by atoms with Crippen molar-refractivity contribution in [1.29, 1.82) is 0 Å². The van der Waals surface area contributed by atoms with Crippen LogP contribution in [0.3, 0.4) is 0 Å². The van der Waals surface area contributed by atoms with Crippen molar-refractivity contribution in [2.45, 2.75) is 57.9 Å². The first-order valence-electron chi connectivity index (χ1n) is 9.54. The van der Waals surface area contributed by atoms with Crippen LogP contribution in [-0.2, 0) is 18.4 Å². The molecule has 0 aromatic heterocycles. The van der Waals surface area contributed by atoms with Crippen LogP contribution in [0.4, 0.5) is 0 Å². The number of benzene rings is 2. The van der Waals surface area contributed by atoms with Gasteiger partial charge in [-0.25, -0.2) is 0 Å². The minimum absolute atomic E-state index is 0.220. The van der Waals surface area contributed by atoms with Gasteiger partial charge in [-0.2, -0.15) is 0 Å². The van der Waals surface area contributed by atoms with Gasteiger partial charge in [-0.05, 0) is 54.2 Å². The lowest BCUT2D eigenvalue weighted by molar-refractivity contribution is 0.241. The molecule has 0 bridgehead atoms. The van der Waals surface area contributed by atoms with Gasteiger partial charge in [-0.15, -0.1) is 0 Å². The highest BCUT2D eigenvalue weighted by Gasteiger charge is 2.39. The van der Waals surface area contributed by atoms with Crippen LogP contribution in [0.1, 0.15) is 56.2 Å². The van der Waals surface area contributed by atoms with Crippen molar-refractivity contribution in [3.63, 3.8) is 0 Å². The Morgan fingerprint density at radius 2 is 1.54 bits per heavy atom. The maximum absolute atomic E-state index is 7.15. The maximum Gasteiger partial charge on any atom is 0.0444 e. The Labute approximate surface area is 147 Å². The van der Waals surface area contributed by atoms with Gasteiger partial charge in [0.2, 0.25) is 0 Å². The van der Waals surface area contributed by atoms with Crippen LogP contribution in [0.2, 0.25) is 0 Å². The average Bonchev–Trinajstić information content (AvgIpc) is 3.05. The molecular formula is C23H31N. The van der Waals surface area contributed by atoms with E-state index >= 15 is 0 Å². The number of hydrogen-bond donors (Lipinski definition) is 1. The molecule has 1 aliphatic rings. The van der Waals surface area contributed by atoms with Crippen LogP contribution in [0.5, 0.6) is 0 Å². The fraction of sp³-hybridized carbons (Fsp3) is 0.478. The molecule has 2 aromatic rings. The second-order valence-electron chi connectivity index (χ2n) is 7.71. The SMILES string of the molecule is CCCC(C)CCC(N)(c1ccccc1)C1Cc2ccccc2C1. The Hall–Kier alpha value is -1.60. The second-order valence-corrected chi connectivity index (χ2v) is 7.71. The van der Waals surface area contributed by atoms with Crippen LogP contribution in [0.15, 0.2) is 54.6 Å². The first-order chi connectivity index (χ1) is 11.6. The van der Waals surface area contributed by atoms with E-state index in [0.29, 0.717) is 5.92 Å². The molecule has 0 spiro atoms. The molecule has 24 heavy (non-hydrogen) atoms. The quantitative estimate of drug-likeness (QED) is 0.718. The van der Waals surface area contributed by atoms with Gasteiger partial charge in [0.25, 0.3) is 0 Å². The first kappa shape index (κ1) is 17.2. The lowest BCUT2D eigenvalue weighted by Gasteiger charge is -2.37. The summed E-state index contributed by atoms with van der Waals surface area (Å²) in [4.78, 5) is 0. The number of rotatable bonds is 7. The van der Waals surface area contributed by atoms with Crippen molar-refractivity contribution >= 4 is 0 Å². The molecule has 2 unspecified atom stereocenters. The first-order valence-corrected chi connectivity index (χ1v) is 9.54. The molecule has 3 rings (SSSR count). The Kier molecular flexibility index (Phi) is 5.40. The Morgan fingerprint density at radius 1 is 0.958 bits per heavy atom. The number of hydrogen-bond acceptors (Lipinski definition) is 1. The van der Waals surface area contributed by atoms with Crippen molar-refractivity contribution < 1.29 is 0 Å². The summed E-state index contributed by atoms with van der Waals surface area (Å²) < 4.78 is 0. The van der Waals surface area contributed by atoms with Crippen LogP contribution in [0, 0.1) is 11.8 Å². The van der Waals surface area contributed by atoms with Crippen LogP contribution < -0.4 is 5.73 Å². The molecule has 2 aromatic carbocycles. The van der Waals surface area contributed by atoms with Gasteiger partial charge in [-0.1, -0.05) is 81.3 Å². The van der Waals surface area contributed by atoms with Gasteiger partial charge in [0, 0.05) is 5.54 Å². The third-order valence-electron chi connectivity index (χ3n) is 5.92. The Balaban J connectivity index is 1.83. The summed E-state index contributed by atoms with van der Waals surface area (Å²) in [5, 5.41) is 0. The van der Waals surface area contributed by atoms with Crippen molar-refractivity contribution in [1.82, 2.24) is 0 Å². The van der Waals surface area contributed by atoms with E-state index in [1.807, 2.05) is 0 Å². The molecule has 0 aliphatic heterocycles. The molecule has 0 heterocycles. The summed E-state index contributed by atoms with van der Waals surface area (Å²) in [5.41, 5.74) is 11.2. The maximum atomic E-state index is 7.15. The lowest BCUT2D eigenvalue weighted by Crippen LogP contribution is -2.45. The third-order valence-corrected chi connectivity index (χ3v) is 5.92. The molecule has 1 heteroatoms. The van der Waals surface area contributed by atoms with Gasteiger partial charge in [0.1, 0.15) is 0 Å². The normalized spacial score (nSPS) is 18.1. The van der Waals surface area contributed by atoms with E-state index in [1.165, 1.54) is 36.0 Å². The van der Waals surface area contributed by atoms with Gasteiger partial charge in [0.15, 0.2) is 0 Å². The van der Waals surface area contributed by atoms with Crippen molar-refractivity contribution in [2.75, 3.05) is 0 Å². The molecule has 0 saturated carbocycles. The molecule has 2 N–H and O–H groups in total. The van der Waals surface area contributed by atoms with Gasteiger partial charge >= 0.3 is 0 Å². The predicted molar refractivity (Wildman–Crippen MR) is 103 cm³/mol. The molecule has 2 atom stereocenters. The fourth-order valence-corrected chi connectivity index (χ4v) is 4.38. The van der Waals surface area contributed by atoms with Crippen molar-refractivity contribution in [2.24, 2.45) is 17.6 Å². The third kappa shape index (κ3) is 3.57. The summed E-state index contributed by atoms with van der Waals surface area (Å²) in [6.45, 7) is 4.65. The van der Waals surface area contributed by atoms with Gasteiger partial charge in [-0.3, -0.25) is 0 Å². The molecule has 1 nitrogen and oxygen atoms in total. The highest BCUT2D eigenvalue weighted by molar-refractivity contribution is 5.36. The minimum atomic E-state index is -0.220. The summed E-state index contributed by atoms with van der Waals surface area (Å²) >= 11 is 0. The summed E-state index contributed by atoms with van der Waals surface area (Å²) in [6.07, 6.45) is 7.09. The zero-order chi connectivity index (χ0) is 17.0. The lowest BCUT2D eigenvalue weighted by atomic mass is 9.73. The smallest absolute Gasteiger partial charge is 0.0444 e. The van der Waals surface area contributed by atoms with E-state index in [9.17, 15) is 0 Å². The molecule has 128 valence electrons. The summed E-state index contributed by atoms with van der Waals surface area (Å²) in [7, 11) is 0. The van der Waals surface area contributed by atoms with E-state index in [1.54, 1.807) is 0 Å². The van der Waals surface area contributed by atoms with Crippen LogP contribution in [0.25, 0.3) is 0 Å². The largest absolute Gasteiger partial charge is 0.321 e. The zero-order valence-electron chi connectivity index (χ0n) is 15.2. The van der Waals surface area contributed by atoms with E-state index in [2.05, 4.69) is 68.4 Å². The monoisotopic (exact) mass is 321 g/mol. The second kappa shape index (κ2) is 7.53. The van der Waals surface area contributed by atoms with E-state index in [-0.39, 0.29) is 5.54 Å². The van der Waals surface area contributed by atoms with Crippen molar-refractivity contribution in [3.05, 3.63) is 71.3 Å². The van der Waals surface area contributed by atoms with E-state index in [4.69, 9.17) is 5.73 Å². The number of fused-ring (bicyclic) bond motifs is 1. The predicted octanol–water partition coefficient (Wildman–Crippen LogP) is 5.47. The molecule has 0 saturated heterocycles. The standard InChI is InChI=1S/C23H31N/c1-3-9-18(2)14-15-23(24,21-12-5-4-6-13-21)22-16-19-10-7-8-11-20(19)17-22/h4-8,10-13,18,22H,3,9,14-17,24H2,1-2H3. The zero-order valence-corrected chi connectivity index (χ0v) is 15.2. The van der Waals surface area contributed by atoms with E-state index in [0.717, 1.165) is 25.2 Å². The molecule has 0 radical (unpaired) electrons. The molecular weight excluding hydrogens is 290 g/mol. The highest BCUT2D eigenvalue weighted by Crippen LogP contribution is 2.41. The topological polar surface area (TPSA) is 26.0 Å². The highest BCUT2D eigenvalue weighted by atomic mass is 14.8. The summed E-state index contributed by atoms with van der Waals surface area (Å²) in [6, 6.07) is 19.7. The minimum Gasteiger partial charge on any atom is -0.321 e. The van der Waals surface area contributed by atoms with Gasteiger partial charge in [0.05, 0.1) is 0 Å². The Bertz CT molecular complexity index is 623. The summed E-state index contributed by atoms with van der Waals surface area (Å²) in [5.74, 6) is 1.26. The molecule has 1 aliphatic carbocycles. The number of nitrogens with two attached hydrogens (primary N) is 1. The molecule has 0 amide bonds. The Morgan fingerprint density at radius 3 is 2.12 bits per heavy atom. The van der Waals surface area contributed by atoms with Crippen molar-refractivity contribution in [3.8, 4) is 0 Å². The van der Waals surface area contributed by atoms with Crippen LogP contribution in [-0.4, -0.2) is 0 Å².